The number of rotatable bonds is 22. The van der Waals surface area contributed by atoms with Crippen LogP contribution in [0.2, 0.25) is 0 Å². The Labute approximate surface area is 220 Å². The van der Waals surface area contributed by atoms with Crippen LogP contribution in [0.5, 0.6) is 0 Å². The Bertz CT molecular complexity index is 524. The first-order valence-corrected chi connectivity index (χ1v) is 19.8. The van der Waals surface area contributed by atoms with Crippen LogP contribution < -0.4 is 0 Å². The maximum atomic E-state index is 12.0. The monoisotopic (exact) mass is 606 g/mol. The zero-order valence-electron chi connectivity index (χ0n) is 17.1. The van der Waals surface area contributed by atoms with Gasteiger partial charge in [0.05, 0.1) is 28.5 Å². The second kappa shape index (κ2) is 25.1. The summed E-state index contributed by atoms with van der Waals surface area (Å²) in [4.78, 5) is 23.5. The molecule has 0 aliphatic carbocycles. The normalized spacial score (nSPS) is 13.2. The van der Waals surface area contributed by atoms with E-state index in [0.29, 0.717) is 61.9 Å². The fourth-order valence-electron chi connectivity index (χ4n) is 1.59. The maximum absolute atomic E-state index is 12.0. The molecule has 0 aliphatic rings. The lowest BCUT2D eigenvalue weighted by atomic mass is 10.9. The summed E-state index contributed by atoms with van der Waals surface area (Å²) in [5.41, 5.74) is 0. The highest BCUT2D eigenvalue weighted by Gasteiger charge is 2.07. The summed E-state index contributed by atoms with van der Waals surface area (Å²) in [7, 11) is -1.86. The van der Waals surface area contributed by atoms with Crippen molar-refractivity contribution in [2.45, 2.75) is 0 Å². The summed E-state index contributed by atoms with van der Waals surface area (Å²) < 4.78 is 23.6. The van der Waals surface area contributed by atoms with Gasteiger partial charge in [0.15, 0.2) is 10.2 Å². The molecular weight excluding hydrogens is 577 g/mol. The summed E-state index contributed by atoms with van der Waals surface area (Å²) in [5, 5.41) is 18.6. The number of aliphatic hydroxyl groups excluding tert-OH is 2. The Hall–Kier alpha value is 2.01. The Morgan fingerprint density at radius 2 is 1.13 bits per heavy atom. The van der Waals surface area contributed by atoms with Crippen molar-refractivity contribution in [1.29, 1.82) is 0 Å². The fourth-order valence-corrected chi connectivity index (χ4v) is 11.5. The second-order valence-corrected chi connectivity index (χ2v) is 16.9. The third-order valence-electron chi connectivity index (χ3n) is 3.00. The van der Waals surface area contributed by atoms with Crippen LogP contribution in [0.4, 0.5) is 0 Å². The first-order valence-electron chi connectivity index (χ1n) is 9.11. The lowest BCUT2D eigenvalue weighted by Gasteiger charge is -2.04. The molecule has 0 spiro atoms. The predicted octanol–water partition coefficient (Wildman–Crippen LogP) is 2.48. The van der Waals surface area contributed by atoms with Gasteiger partial charge < -0.3 is 10.2 Å². The molecule has 0 amide bonds. The SMILES string of the molecule is O=C(CSCCS(=O)CSCSC(=O)CSCCS(=O)CCSCO)SCCSCO. The summed E-state index contributed by atoms with van der Waals surface area (Å²) in [6.45, 7) is 0. The van der Waals surface area contributed by atoms with E-state index in [0.717, 1.165) is 5.75 Å². The van der Waals surface area contributed by atoms with Crippen molar-refractivity contribution >= 4 is 114 Å². The smallest absolute Gasteiger partial charge is 0.199 e. The molecule has 2 unspecified atom stereocenters. The zero-order valence-corrected chi connectivity index (χ0v) is 24.4. The van der Waals surface area contributed by atoms with Crippen molar-refractivity contribution in [3.8, 4) is 0 Å². The number of aliphatic hydroxyl groups is 2. The molecule has 31 heavy (non-hydrogen) atoms. The van der Waals surface area contributed by atoms with Crippen LogP contribution in [-0.4, -0.2) is 108 Å². The number of hydrogen-bond donors (Lipinski definition) is 2. The van der Waals surface area contributed by atoms with E-state index in [1.807, 2.05) is 0 Å². The van der Waals surface area contributed by atoms with Crippen LogP contribution >= 0.6 is 82.3 Å². The second-order valence-electron chi connectivity index (χ2n) is 5.35. The van der Waals surface area contributed by atoms with Gasteiger partial charge in [-0.15, -0.1) is 35.3 Å². The van der Waals surface area contributed by atoms with E-state index in [-0.39, 0.29) is 22.1 Å². The molecule has 0 aromatic carbocycles. The quantitative estimate of drug-likeness (QED) is 0.139. The van der Waals surface area contributed by atoms with Crippen molar-refractivity contribution in [3.05, 3.63) is 0 Å². The summed E-state index contributed by atoms with van der Waals surface area (Å²) in [6.07, 6.45) is 0. The minimum absolute atomic E-state index is 0.0508. The molecule has 0 saturated heterocycles. The van der Waals surface area contributed by atoms with Crippen LogP contribution in [0.1, 0.15) is 0 Å². The minimum Gasteiger partial charge on any atom is -0.386 e. The highest BCUT2D eigenvalue weighted by molar-refractivity contribution is 8.26. The van der Waals surface area contributed by atoms with Gasteiger partial charge in [0.1, 0.15) is 0 Å². The molecule has 0 saturated carbocycles. The maximum Gasteiger partial charge on any atom is 0.199 e. The van der Waals surface area contributed by atoms with Crippen LogP contribution in [0.25, 0.3) is 0 Å². The van der Waals surface area contributed by atoms with E-state index in [1.165, 1.54) is 82.3 Å². The van der Waals surface area contributed by atoms with Gasteiger partial charge in [-0.1, -0.05) is 23.5 Å². The molecule has 0 aliphatic heterocycles. The molecule has 0 heterocycles. The highest BCUT2D eigenvalue weighted by Crippen LogP contribution is 2.17. The van der Waals surface area contributed by atoms with Gasteiger partial charge in [-0.25, -0.2) is 0 Å². The topological polar surface area (TPSA) is 109 Å². The van der Waals surface area contributed by atoms with Crippen molar-refractivity contribution < 1.29 is 28.2 Å². The van der Waals surface area contributed by atoms with Crippen molar-refractivity contribution in [1.82, 2.24) is 0 Å². The number of carbonyl (C=O) groups excluding carboxylic acids is 2. The standard InChI is InChI=1S/C16H30O6S9/c17-11-25-1-2-28-15(19)9-24-4-8-31(22)14-27-13-29-16(20)10-23-3-6-30(21)7-5-26-12-18/h17-18H,1-14H2. The predicted molar refractivity (Wildman–Crippen MR) is 152 cm³/mol. The van der Waals surface area contributed by atoms with Gasteiger partial charge in [0.25, 0.3) is 0 Å². The molecule has 0 aromatic rings. The number of carbonyl (C=O) groups is 2. The van der Waals surface area contributed by atoms with Gasteiger partial charge in [-0.05, 0) is 0 Å². The average Bonchev–Trinajstić information content (AvgIpc) is 2.75. The molecule has 0 radical (unpaired) electrons. The highest BCUT2D eigenvalue weighted by atomic mass is 32.2. The molecule has 0 rings (SSSR count). The van der Waals surface area contributed by atoms with Gasteiger partial charge >= 0.3 is 0 Å². The third-order valence-corrected chi connectivity index (χ3v) is 13.8. The number of thioether (sulfide) groups is 7. The Morgan fingerprint density at radius 1 is 0.613 bits per heavy atom. The Morgan fingerprint density at radius 3 is 1.74 bits per heavy atom. The molecule has 6 nitrogen and oxygen atoms in total. The average molecular weight is 607 g/mol. The van der Waals surface area contributed by atoms with Crippen molar-refractivity contribution in [3.63, 3.8) is 0 Å². The molecule has 2 atom stereocenters. The summed E-state index contributed by atoms with van der Waals surface area (Å²) >= 11 is 9.71. The molecule has 2 N–H and O–H groups in total. The number of hydrogen-bond acceptors (Lipinski definition) is 13. The van der Waals surface area contributed by atoms with E-state index < -0.39 is 21.6 Å². The van der Waals surface area contributed by atoms with Crippen LogP contribution in [0.3, 0.4) is 0 Å². The van der Waals surface area contributed by atoms with Gasteiger partial charge in [-0.3, -0.25) is 18.0 Å². The van der Waals surface area contributed by atoms with E-state index in [1.54, 1.807) is 0 Å². The summed E-state index contributed by atoms with van der Waals surface area (Å²) in [6, 6.07) is 0. The Balaban J connectivity index is 3.50. The van der Waals surface area contributed by atoms with Crippen molar-refractivity contribution in [2.75, 3.05) is 79.6 Å². The van der Waals surface area contributed by atoms with E-state index in [2.05, 4.69) is 0 Å². The van der Waals surface area contributed by atoms with Crippen LogP contribution in [0, 0.1) is 0 Å². The molecular formula is C16H30O6S9. The van der Waals surface area contributed by atoms with Crippen LogP contribution in [0.15, 0.2) is 0 Å². The van der Waals surface area contributed by atoms with E-state index >= 15 is 0 Å². The van der Waals surface area contributed by atoms with Crippen LogP contribution in [-0.2, 0) is 31.2 Å². The van der Waals surface area contributed by atoms with Crippen molar-refractivity contribution in [2.24, 2.45) is 0 Å². The molecule has 184 valence electrons. The molecule has 0 fully saturated rings. The fraction of sp³-hybridized carbons (Fsp3) is 0.875. The Kier molecular flexibility index (Phi) is 26.7. The van der Waals surface area contributed by atoms with E-state index in [4.69, 9.17) is 10.2 Å². The summed E-state index contributed by atoms with van der Waals surface area (Å²) in [5.74, 6) is 6.09. The molecule has 0 aromatic heterocycles. The van der Waals surface area contributed by atoms with Gasteiger partial charge in [0.2, 0.25) is 0 Å². The van der Waals surface area contributed by atoms with Gasteiger partial charge in [0, 0.05) is 72.7 Å². The first kappa shape index (κ1) is 33.0. The molecule has 0 bridgehead atoms. The van der Waals surface area contributed by atoms with Gasteiger partial charge in [-0.2, -0.15) is 23.5 Å². The molecule has 15 heteroatoms. The zero-order chi connectivity index (χ0) is 23.2. The first-order chi connectivity index (χ1) is 15.0. The lowest BCUT2D eigenvalue weighted by molar-refractivity contribution is -0.109. The third kappa shape index (κ3) is 24.9. The largest absolute Gasteiger partial charge is 0.386 e. The van der Waals surface area contributed by atoms with E-state index in [9.17, 15) is 18.0 Å². The lowest BCUT2D eigenvalue weighted by Crippen LogP contribution is -2.08. The minimum atomic E-state index is -0.961.